The number of hydrogen-bond acceptors (Lipinski definition) is 4. The third-order valence-corrected chi connectivity index (χ3v) is 5.40. The summed E-state index contributed by atoms with van der Waals surface area (Å²) in [6.45, 7) is 9.66. The molecule has 0 spiro atoms. The lowest BCUT2D eigenvalue weighted by Crippen LogP contribution is -2.60. The maximum Gasteiger partial charge on any atom is 0.0702 e. The molecule has 118 valence electrons. The number of nitrogens with zero attached hydrogens (tertiary/aromatic N) is 2. The van der Waals surface area contributed by atoms with Crippen LogP contribution in [-0.2, 0) is 4.74 Å². The highest BCUT2D eigenvalue weighted by Crippen LogP contribution is 2.29. The van der Waals surface area contributed by atoms with Crippen molar-refractivity contribution in [2.24, 2.45) is 5.73 Å². The molecule has 2 fully saturated rings. The Hall–Kier alpha value is -0.160. The van der Waals surface area contributed by atoms with Gasteiger partial charge >= 0.3 is 0 Å². The van der Waals surface area contributed by atoms with Crippen LogP contribution >= 0.6 is 0 Å². The van der Waals surface area contributed by atoms with Gasteiger partial charge in [0.2, 0.25) is 0 Å². The van der Waals surface area contributed by atoms with Crippen molar-refractivity contribution < 1.29 is 4.74 Å². The topological polar surface area (TPSA) is 41.7 Å². The maximum atomic E-state index is 6.16. The summed E-state index contributed by atoms with van der Waals surface area (Å²) in [7, 11) is 2.25. The van der Waals surface area contributed by atoms with Gasteiger partial charge in [0, 0.05) is 44.4 Å². The first-order valence-electron chi connectivity index (χ1n) is 8.34. The minimum Gasteiger partial charge on any atom is -0.377 e. The molecule has 2 aliphatic rings. The number of hydrogen-bond donors (Lipinski definition) is 1. The first-order valence-corrected chi connectivity index (χ1v) is 8.34. The van der Waals surface area contributed by atoms with Gasteiger partial charge in [-0.3, -0.25) is 4.90 Å². The quantitative estimate of drug-likeness (QED) is 0.834. The van der Waals surface area contributed by atoms with Crippen molar-refractivity contribution in [1.82, 2.24) is 9.80 Å². The smallest absolute Gasteiger partial charge is 0.0702 e. The van der Waals surface area contributed by atoms with Crippen molar-refractivity contribution in [2.75, 3.05) is 39.8 Å². The van der Waals surface area contributed by atoms with E-state index in [1.807, 2.05) is 0 Å². The van der Waals surface area contributed by atoms with Crippen molar-refractivity contribution in [3.8, 4) is 0 Å². The zero-order valence-electron chi connectivity index (χ0n) is 13.6. The van der Waals surface area contributed by atoms with Gasteiger partial charge in [0.05, 0.1) is 6.10 Å². The molecule has 20 heavy (non-hydrogen) atoms. The van der Waals surface area contributed by atoms with E-state index in [1.54, 1.807) is 0 Å². The second-order valence-electron chi connectivity index (χ2n) is 6.93. The molecular weight excluding hydrogens is 250 g/mol. The van der Waals surface area contributed by atoms with Crippen LogP contribution in [-0.4, -0.2) is 67.3 Å². The Bertz CT molecular complexity index is 281. The molecule has 2 aliphatic heterocycles. The standard InChI is InChI=1S/C16H33N3O/c1-14(2)19-9-7-16(13-17,8-10-19)18(3)12-15-6-4-5-11-20-15/h14-15H,4-13,17H2,1-3H3. The van der Waals surface area contributed by atoms with Crippen LogP contribution in [0, 0.1) is 0 Å². The molecule has 0 amide bonds. The third kappa shape index (κ3) is 3.73. The van der Waals surface area contributed by atoms with Gasteiger partial charge in [-0.1, -0.05) is 0 Å². The molecule has 0 aromatic heterocycles. The lowest BCUT2D eigenvalue weighted by atomic mass is 9.85. The van der Waals surface area contributed by atoms with Crippen molar-refractivity contribution in [1.29, 1.82) is 0 Å². The summed E-state index contributed by atoms with van der Waals surface area (Å²) in [6.07, 6.45) is 6.54. The van der Waals surface area contributed by atoms with E-state index in [0.29, 0.717) is 12.1 Å². The molecular formula is C16H33N3O. The average Bonchev–Trinajstić information content (AvgIpc) is 2.48. The first-order chi connectivity index (χ1) is 9.57. The molecule has 0 saturated carbocycles. The minimum absolute atomic E-state index is 0.187. The van der Waals surface area contributed by atoms with Gasteiger partial charge < -0.3 is 15.4 Å². The van der Waals surface area contributed by atoms with Crippen molar-refractivity contribution in [3.05, 3.63) is 0 Å². The van der Waals surface area contributed by atoms with E-state index in [-0.39, 0.29) is 5.54 Å². The van der Waals surface area contributed by atoms with E-state index in [9.17, 15) is 0 Å². The summed E-state index contributed by atoms with van der Waals surface area (Å²) >= 11 is 0. The Morgan fingerprint density at radius 2 is 2.00 bits per heavy atom. The van der Waals surface area contributed by atoms with E-state index >= 15 is 0 Å². The van der Waals surface area contributed by atoms with Gasteiger partial charge in [-0.2, -0.15) is 0 Å². The zero-order valence-corrected chi connectivity index (χ0v) is 13.6. The van der Waals surface area contributed by atoms with E-state index in [2.05, 4.69) is 30.7 Å². The number of likely N-dealkylation sites (tertiary alicyclic amines) is 1. The Labute approximate surface area is 124 Å². The van der Waals surface area contributed by atoms with Crippen LogP contribution in [0.2, 0.25) is 0 Å². The molecule has 1 atom stereocenters. The maximum absolute atomic E-state index is 6.16. The number of ether oxygens (including phenoxy) is 1. The summed E-state index contributed by atoms with van der Waals surface area (Å²) < 4.78 is 5.90. The fourth-order valence-electron chi connectivity index (χ4n) is 3.65. The van der Waals surface area contributed by atoms with Crippen LogP contribution in [0.4, 0.5) is 0 Å². The van der Waals surface area contributed by atoms with E-state index in [1.165, 1.54) is 45.2 Å². The fourth-order valence-corrected chi connectivity index (χ4v) is 3.65. The molecule has 0 aliphatic carbocycles. The summed E-state index contributed by atoms with van der Waals surface area (Å²) in [6, 6.07) is 0.651. The van der Waals surface area contributed by atoms with Crippen LogP contribution in [0.15, 0.2) is 0 Å². The largest absolute Gasteiger partial charge is 0.377 e. The number of rotatable bonds is 5. The van der Waals surface area contributed by atoms with Gasteiger partial charge in [-0.15, -0.1) is 0 Å². The van der Waals surface area contributed by atoms with Crippen molar-refractivity contribution >= 4 is 0 Å². The molecule has 0 radical (unpaired) electrons. The van der Waals surface area contributed by atoms with Gasteiger partial charge in [0.25, 0.3) is 0 Å². The number of nitrogens with two attached hydrogens (primary N) is 1. The van der Waals surface area contributed by atoms with Crippen LogP contribution in [0.1, 0.15) is 46.0 Å². The van der Waals surface area contributed by atoms with Gasteiger partial charge in [-0.25, -0.2) is 0 Å². The normalized spacial score (nSPS) is 28.2. The molecule has 1 unspecified atom stereocenters. The summed E-state index contributed by atoms with van der Waals surface area (Å²) in [5.74, 6) is 0. The van der Waals surface area contributed by atoms with Crippen molar-refractivity contribution in [2.45, 2.75) is 63.6 Å². The molecule has 0 aromatic carbocycles. The molecule has 0 bridgehead atoms. The van der Waals surface area contributed by atoms with Gasteiger partial charge in [0.1, 0.15) is 0 Å². The molecule has 4 heteroatoms. The molecule has 4 nitrogen and oxygen atoms in total. The summed E-state index contributed by atoms with van der Waals surface area (Å²) in [5.41, 5.74) is 6.35. The van der Waals surface area contributed by atoms with Crippen molar-refractivity contribution in [3.63, 3.8) is 0 Å². The number of piperidine rings is 1. The molecule has 0 aromatic rings. The Balaban J connectivity index is 1.89. The lowest BCUT2D eigenvalue weighted by molar-refractivity contribution is -0.0378. The highest BCUT2D eigenvalue weighted by Gasteiger charge is 2.38. The Morgan fingerprint density at radius 1 is 1.30 bits per heavy atom. The predicted octanol–water partition coefficient (Wildman–Crippen LogP) is 1.69. The molecule has 2 saturated heterocycles. The monoisotopic (exact) mass is 283 g/mol. The zero-order chi connectivity index (χ0) is 14.6. The van der Waals surface area contributed by atoms with Crippen LogP contribution < -0.4 is 5.73 Å². The van der Waals surface area contributed by atoms with Crippen LogP contribution in [0.5, 0.6) is 0 Å². The SMILES string of the molecule is CC(C)N1CCC(CN)(N(C)CC2CCCCO2)CC1. The fraction of sp³-hybridized carbons (Fsp3) is 1.00. The molecule has 2 heterocycles. The van der Waals surface area contributed by atoms with E-state index < -0.39 is 0 Å². The van der Waals surface area contributed by atoms with E-state index in [4.69, 9.17) is 10.5 Å². The lowest BCUT2D eigenvalue weighted by Gasteiger charge is -2.48. The Morgan fingerprint density at radius 3 is 2.50 bits per heavy atom. The second-order valence-corrected chi connectivity index (χ2v) is 6.93. The van der Waals surface area contributed by atoms with Gasteiger partial charge in [-0.05, 0) is 53.0 Å². The molecule has 2 N–H and O–H groups in total. The summed E-state index contributed by atoms with van der Waals surface area (Å²) in [5, 5.41) is 0. The van der Waals surface area contributed by atoms with Gasteiger partial charge in [0.15, 0.2) is 0 Å². The minimum atomic E-state index is 0.187. The summed E-state index contributed by atoms with van der Waals surface area (Å²) in [4.78, 5) is 5.07. The number of likely N-dealkylation sites (N-methyl/N-ethyl adjacent to an activating group) is 1. The highest BCUT2D eigenvalue weighted by molar-refractivity contribution is 4.96. The third-order valence-electron chi connectivity index (χ3n) is 5.40. The molecule has 2 rings (SSSR count). The second kappa shape index (κ2) is 7.21. The Kier molecular flexibility index (Phi) is 5.84. The average molecular weight is 283 g/mol. The predicted molar refractivity (Wildman–Crippen MR) is 83.9 cm³/mol. The highest BCUT2D eigenvalue weighted by atomic mass is 16.5. The van der Waals surface area contributed by atoms with Crippen LogP contribution in [0.3, 0.4) is 0 Å². The first kappa shape index (κ1) is 16.2. The van der Waals surface area contributed by atoms with Crippen LogP contribution in [0.25, 0.3) is 0 Å². The van der Waals surface area contributed by atoms with E-state index in [0.717, 1.165) is 19.7 Å².